The van der Waals surface area contributed by atoms with Gasteiger partial charge in [-0.3, -0.25) is 4.98 Å². The van der Waals surface area contributed by atoms with E-state index < -0.39 is 0 Å². The second-order valence-electron chi connectivity index (χ2n) is 6.46. The summed E-state index contributed by atoms with van der Waals surface area (Å²) in [5.41, 5.74) is 5.96. The van der Waals surface area contributed by atoms with E-state index in [9.17, 15) is 0 Å². The Morgan fingerprint density at radius 1 is 1.07 bits per heavy atom. The first-order valence-electron chi connectivity index (χ1n) is 8.68. The maximum Gasteiger partial charge on any atom is 0.276 e. The van der Waals surface area contributed by atoms with Crippen LogP contribution in [-0.4, -0.2) is 26.7 Å². The number of hydrogen-bond acceptors (Lipinski definition) is 6. The Morgan fingerprint density at radius 2 is 1.96 bits per heavy atom. The van der Waals surface area contributed by atoms with Gasteiger partial charge >= 0.3 is 0 Å². The van der Waals surface area contributed by atoms with Crippen LogP contribution in [0.4, 0.5) is 0 Å². The fraction of sp³-hybridized carbons (Fsp3) is 0.200. The summed E-state index contributed by atoms with van der Waals surface area (Å²) < 4.78 is 5.53. The number of nitrogens with zero attached hydrogens (tertiary/aromatic N) is 4. The minimum Gasteiger partial charge on any atom is -0.332 e. The van der Waals surface area contributed by atoms with Crippen LogP contribution in [0.5, 0.6) is 0 Å². The van der Waals surface area contributed by atoms with Crippen molar-refractivity contribution in [2.24, 2.45) is 0 Å². The summed E-state index contributed by atoms with van der Waals surface area (Å²) in [4.78, 5) is 13.8. The smallest absolute Gasteiger partial charge is 0.276 e. The van der Waals surface area contributed by atoms with Crippen molar-refractivity contribution in [2.75, 3.05) is 6.54 Å². The van der Waals surface area contributed by atoms with Gasteiger partial charge in [-0.25, -0.2) is 4.98 Å². The summed E-state index contributed by atoms with van der Waals surface area (Å²) in [5.74, 6) is 1.01. The van der Waals surface area contributed by atoms with Crippen LogP contribution < -0.4 is 5.32 Å². The molecule has 0 saturated carbocycles. The standard InChI is InChI=1S/C20H17N5O.ClH/c1-12-18(15-8-9-21-10-14(15)11-22-12)19-24-20(26-25-19)17-7-6-13-4-2-3-5-16(13)23-17;/h2-7,11,21H,8-10H2,1H3;1H. The van der Waals surface area contributed by atoms with Crippen LogP contribution in [0, 0.1) is 6.92 Å². The molecule has 7 heteroatoms. The van der Waals surface area contributed by atoms with Gasteiger partial charge in [0.2, 0.25) is 5.82 Å². The quantitative estimate of drug-likeness (QED) is 0.572. The molecule has 4 aromatic rings. The van der Waals surface area contributed by atoms with Crippen LogP contribution in [0.3, 0.4) is 0 Å². The molecule has 4 heterocycles. The summed E-state index contributed by atoms with van der Waals surface area (Å²) in [7, 11) is 0. The summed E-state index contributed by atoms with van der Waals surface area (Å²) in [6.07, 6.45) is 2.87. The van der Waals surface area contributed by atoms with Crippen LogP contribution in [0.25, 0.3) is 33.9 Å². The van der Waals surface area contributed by atoms with Crippen LogP contribution in [0.15, 0.2) is 47.1 Å². The Hall–Kier alpha value is -2.83. The zero-order valence-corrected chi connectivity index (χ0v) is 15.6. The fourth-order valence-corrected chi connectivity index (χ4v) is 3.48. The van der Waals surface area contributed by atoms with E-state index in [2.05, 4.69) is 25.4 Å². The van der Waals surface area contributed by atoms with Gasteiger partial charge in [-0.15, -0.1) is 12.4 Å². The second-order valence-corrected chi connectivity index (χ2v) is 6.46. The fourth-order valence-electron chi connectivity index (χ4n) is 3.48. The molecule has 1 aromatic carbocycles. The lowest BCUT2D eigenvalue weighted by atomic mass is 9.95. The highest BCUT2D eigenvalue weighted by atomic mass is 35.5. The number of halogens is 1. The van der Waals surface area contributed by atoms with E-state index in [1.807, 2.05) is 49.5 Å². The number of para-hydroxylation sites is 1. The molecule has 27 heavy (non-hydrogen) atoms. The topological polar surface area (TPSA) is 76.7 Å². The first-order valence-corrected chi connectivity index (χ1v) is 8.68. The van der Waals surface area contributed by atoms with E-state index in [-0.39, 0.29) is 12.4 Å². The Kier molecular flexibility index (Phi) is 4.59. The number of aromatic nitrogens is 4. The molecule has 1 N–H and O–H groups in total. The number of fused-ring (bicyclic) bond motifs is 2. The molecular weight excluding hydrogens is 362 g/mol. The van der Waals surface area contributed by atoms with Gasteiger partial charge in [-0.2, -0.15) is 4.98 Å². The van der Waals surface area contributed by atoms with E-state index in [1.165, 1.54) is 11.1 Å². The molecule has 0 atom stereocenters. The van der Waals surface area contributed by atoms with Crippen LogP contribution in [-0.2, 0) is 13.0 Å². The van der Waals surface area contributed by atoms with Crippen molar-refractivity contribution in [3.63, 3.8) is 0 Å². The molecule has 6 nitrogen and oxygen atoms in total. The van der Waals surface area contributed by atoms with Gasteiger partial charge in [0.1, 0.15) is 5.69 Å². The molecule has 136 valence electrons. The molecule has 3 aromatic heterocycles. The highest BCUT2D eigenvalue weighted by Gasteiger charge is 2.21. The number of nitrogens with one attached hydrogen (secondary N) is 1. The lowest BCUT2D eigenvalue weighted by Gasteiger charge is -2.19. The average Bonchev–Trinajstić information content (AvgIpc) is 3.17. The minimum absolute atomic E-state index is 0. The Bertz CT molecular complexity index is 1120. The second kappa shape index (κ2) is 7.06. The van der Waals surface area contributed by atoms with Gasteiger partial charge in [-0.1, -0.05) is 29.4 Å². The van der Waals surface area contributed by atoms with Gasteiger partial charge in [0.25, 0.3) is 5.89 Å². The third kappa shape index (κ3) is 3.07. The molecule has 0 amide bonds. The Morgan fingerprint density at radius 3 is 2.89 bits per heavy atom. The SMILES string of the molecule is Cc1ncc2c(c1-c1noc(-c3ccc4ccccc4n3)n1)CCNC2.Cl. The van der Waals surface area contributed by atoms with E-state index in [4.69, 9.17) is 4.52 Å². The highest BCUT2D eigenvalue weighted by molar-refractivity contribution is 5.85. The van der Waals surface area contributed by atoms with Gasteiger partial charge in [-0.05, 0) is 43.1 Å². The molecule has 1 aliphatic rings. The van der Waals surface area contributed by atoms with Crippen molar-refractivity contribution in [3.8, 4) is 23.0 Å². The number of hydrogen-bond donors (Lipinski definition) is 1. The summed E-state index contributed by atoms with van der Waals surface area (Å²) >= 11 is 0. The van der Waals surface area contributed by atoms with Gasteiger partial charge in [0.15, 0.2) is 0 Å². The molecule has 1 aliphatic heterocycles. The van der Waals surface area contributed by atoms with E-state index in [0.717, 1.165) is 41.7 Å². The first kappa shape index (κ1) is 17.6. The zero-order valence-electron chi connectivity index (χ0n) is 14.8. The molecule has 0 radical (unpaired) electrons. The van der Waals surface area contributed by atoms with Gasteiger partial charge < -0.3 is 9.84 Å². The van der Waals surface area contributed by atoms with Crippen molar-refractivity contribution < 1.29 is 4.52 Å². The van der Waals surface area contributed by atoms with E-state index >= 15 is 0 Å². The van der Waals surface area contributed by atoms with Crippen molar-refractivity contribution in [3.05, 3.63) is 59.4 Å². The molecule has 0 spiro atoms. The first-order chi connectivity index (χ1) is 12.8. The zero-order chi connectivity index (χ0) is 17.5. The molecular formula is C20H18ClN5O. The van der Waals surface area contributed by atoms with Crippen molar-refractivity contribution in [1.29, 1.82) is 0 Å². The number of aryl methyl sites for hydroxylation is 1. The third-order valence-electron chi connectivity index (χ3n) is 4.80. The third-order valence-corrected chi connectivity index (χ3v) is 4.80. The maximum absolute atomic E-state index is 5.53. The molecule has 5 rings (SSSR count). The molecule has 0 aliphatic carbocycles. The molecule has 0 bridgehead atoms. The Labute approximate surface area is 162 Å². The predicted molar refractivity (Wildman–Crippen MR) is 106 cm³/mol. The lowest BCUT2D eigenvalue weighted by molar-refractivity contribution is 0.431. The van der Waals surface area contributed by atoms with E-state index in [0.29, 0.717) is 17.4 Å². The van der Waals surface area contributed by atoms with Crippen LogP contribution in [0.2, 0.25) is 0 Å². The maximum atomic E-state index is 5.53. The molecule has 0 fully saturated rings. The van der Waals surface area contributed by atoms with Crippen LogP contribution in [0.1, 0.15) is 16.8 Å². The monoisotopic (exact) mass is 379 g/mol. The minimum atomic E-state index is 0. The van der Waals surface area contributed by atoms with Gasteiger partial charge in [0.05, 0.1) is 5.52 Å². The molecule has 0 unspecified atom stereocenters. The van der Waals surface area contributed by atoms with E-state index in [1.54, 1.807) is 0 Å². The average molecular weight is 380 g/mol. The van der Waals surface area contributed by atoms with Crippen molar-refractivity contribution >= 4 is 23.3 Å². The van der Waals surface area contributed by atoms with Crippen LogP contribution >= 0.6 is 12.4 Å². The number of rotatable bonds is 2. The van der Waals surface area contributed by atoms with Crippen molar-refractivity contribution in [1.82, 2.24) is 25.4 Å². The lowest BCUT2D eigenvalue weighted by Crippen LogP contribution is -2.24. The van der Waals surface area contributed by atoms with Gasteiger partial charge in [0, 0.05) is 29.4 Å². The predicted octanol–water partition coefficient (Wildman–Crippen LogP) is 3.72. The summed E-state index contributed by atoms with van der Waals surface area (Å²) in [5, 5.41) is 8.68. The largest absolute Gasteiger partial charge is 0.332 e. The highest BCUT2D eigenvalue weighted by Crippen LogP contribution is 2.30. The summed E-state index contributed by atoms with van der Waals surface area (Å²) in [6, 6.07) is 11.9. The number of benzene rings is 1. The Balaban J connectivity index is 0.00000180. The van der Waals surface area contributed by atoms with Crippen molar-refractivity contribution in [2.45, 2.75) is 19.9 Å². The normalized spacial score (nSPS) is 13.2. The summed E-state index contributed by atoms with van der Waals surface area (Å²) in [6.45, 7) is 3.76. The molecule has 0 saturated heterocycles. The number of pyridine rings is 2.